The van der Waals surface area contributed by atoms with Crippen LogP contribution < -0.4 is 24.0 Å². The van der Waals surface area contributed by atoms with E-state index in [2.05, 4.69) is 12.1 Å². The summed E-state index contributed by atoms with van der Waals surface area (Å²) >= 11 is 6.21. The number of nitrogens with one attached hydrogen (secondary N) is 2. The second-order valence-corrected chi connectivity index (χ2v) is 8.78. The molecule has 1 fully saturated rings. The first kappa shape index (κ1) is 21.2. The molecule has 2 aliphatic rings. The zero-order valence-corrected chi connectivity index (χ0v) is 18.4. The van der Waals surface area contributed by atoms with Crippen molar-refractivity contribution in [1.82, 2.24) is 0 Å². The van der Waals surface area contributed by atoms with E-state index < -0.39 is 6.10 Å². The molecule has 0 bridgehead atoms. The van der Waals surface area contributed by atoms with Crippen molar-refractivity contribution in [1.29, 1.82) is 0 Å². The minimum Gasteiger partial charge on any atom is -0.491 e. The van der Waals surface area contributed by atoms with E-state index in [1.165, 1.54) is 10.5 Å². The Morgan fingerprint density at radius 3 is 2.40 bits per heavy atom. The van der Waals surface area contributed by atoms with Gasteiger partial charge in [0, 0.05) is 10.6 Å². The highest BCUT2D eigenvalue weighted by Gasteiger charge is 2.26. The number of rotatable bonds is 7. The van der Waals surface area contributed by atoms with Crippen molar-refractivity contribution in [2.24, 2.45) is 0 Å². The minimum absolute atomic E-state index is 0.303. The summed E-state index contributed by atoms with van der Waals surface area (Å²) in [5.74, 6) is 2.45. The Morgan fingerprint density at radius 1 is 1.00 bits per heavy atom. The number of aliphatic hydroxyl groups excluding tert-OH is 1. The molecule has 0 aromatic heterocycles. The van der Waals surface area contributed by atoms with E-state index in [0.717, 1.165) is 66.1 Å². The smallest absolute Gasteiger partial charge is 0.231 e. The third kappa shape index (κ3) is 5.19. The molecule has 6 nitrogen and oxygen atoms in total. The standard InChI is InChI=1S/C23H29ClN2O4/c1-16-9-20(10-17(2)23(16)24)28-14-19(27)13-26-7-5-25(6-8-26)12-18-3-4-21-22(11-18)30-15-29-21/h3-4,9-11,19,27H,5-8,12-15H2,1-2H3/p+2. The number of aryl methyl sites for hydroxylation is 2. The topological polar surface area (TPSA) is 56.8 Å². The van der Waals surface area contributed by atoms with Crippen LogP contribution >= 0.6 is 11.6 Å². The van der Waals surface area contributed by atoms with Crippen LogP contribution in [0.15, 0.2) is 30.3 Å². The molecule has 2 aromatic rings. The van der Waals surface area contributed by atoms with Gasteiger partial charge in [-0.25, -0.2) is 0 Å². The van der Waals surface area contributed by atoms with E-state index in [-0.39, 0.29) is 0 Å². The maximum absolute atomic E-state index is 10.4. The molecule has 0 aliphatic carbocycles. The van der Waals surface area contributed by atoms with Crippen molar-refractivity contribution in [3.05, 3.63) is 52.0 Å². The van der Waals surface area contributed by atoms with Gasteiger partial charge in [-0.1, -0.05) is 11.6 Å². The molecule has 30 heavy (non-hydrogen) atoms. The summed E-state index contributed by atoms with van der Waals surface area (Å²) in [7, 11) is 0. The zero-order chi connectivity index (χ0) is 21.1. The number of halogens is 1. The first-order chi connectivity index (χ1) is 14.5. The van der Waals surface area contributed by atoms with Crippen LogP contribution in [0.2, 0.25) is 5.02 Å². The fourth-order valence-corrected chi connectivity index (χ4v) is 4.36. The van der Waals surface area contributed by atoms with Gasteiger partial charge in [-0.2, -0.15) is 0 Å². The molecule has 162 valence electrons. The number of hydrogen-bond donors (Lipinski definition) is 3. The summed E-state index contributed by atoms with van der Waals surface area (Å²) in [5, 5.41) is 11.2. The van der Waals surface area contributed by atoms with Crippen molar-refractivity contribution in [3.8, 4) is 17.2 Å². The lowest BCUT2D eigenvalue weighted by atomic mass is 10.1. The number of hydrogen-bond acceptors (Lipinski definition) is 4. The van der Waals surface area contributed by atoms with Crippen molar-refractivity contribution >= 4 is 11.6 Å². The predicted octanol–water partition coefficient (Wildman–Crippen LogP) is 0.409. The molecule has 0 amide bonds. The van der Waals surface area contributed by atoms with E-state index >= 15 is 0 Å². The molecule has 2 aromatic carbocycles. The van der Waals surface area contributed by atoms with E-state index in [4.69, 9.17) is 25.8 Å². The van der Waals surface area contributed by atoms with Crippen LogP contribution in [0.4, 0.5) is 0 Å². The quantitative estimate of drug-likeness (QED) is 0.591. The van der Waals surface area contributed by atoms with Crippen molar-refractivity contribution in [3.63, 3.8) is 0 Å². The maximum Gasteiger partial charge on any atom is 0.231 e. The van der Waals surface area contributed by atoms with Crippen LogP contribution in [0.3, 0.4) is 0 Å². The predicted molar refractivity (Wildman–Crippen MR) is 115 cm³/mol. The first-order valence-corrected chi connectivity index (χ1v) is 11.0. The third-order valence-corrected chi connectivity index (χ3v) is 6.53. The number of piperazine rings is 1. The molecule has 3 N–H and O–H groups in total. The van der Waals surface area contributed by atoms with Crippen molar-refractivity contribution < 1.29 is 29.1 Å². The fourth-order valence-electron chi connectivity index (χ4n) is 4.25. The molecule has 0 spiro atoms. The molecular weight excluding hydrogens is 404 g/mol. The van der Waals surface area contributed by atoms with Gasteiger partial charge in [0.25, 0.3) is 0 Å². The van der Waals surface area contributed by atoms with E-state index in [1.54, 1.807) is 4.90 Å². The highest BCUT2D eigenvalue weighted by Crippen LogP contribution is 2.32. The van der Waals surface area contributed by atoms with Gasteiger partial charge in [-0.3, -0.25) is 0 Å². The molecular formula is C23H31ClN2O4+2. The summed E-state index contributed by atoms with van der Waals surface area (Å²) in [5.41, 5.74) is 3.27. The highest BCUT2D eigenvalue weighted by atomic mass is 35.5. The van der Waals surface area contributed by atoms with Crippen LogP contribution in [0.25, 0.3) is 0 Å². The molecule has 1 atom stereocenters. The lowest BCUT2D eigenvalue weighted by molar-refractivity contribution is -1.02. The lowest BCUT2D eigenvalue weighted by Gasteiger charge is -2.30. The van der Waals surface area contributed by atoms with Crippen LogP contribution in [0.1, 0.15) is 16.7 Å². The van der Waals surface area contributed by atoms with Gasteiger partial charge in [-0.15, -0.1) is 0 Å². The van der Waals surface area contributed by atoms with E-state index in [9.17, 15) is 5.11 Å². The second kappa shape index (κ2) is 9.43. The molecule has 2 aliphatic heterocycles. The number of quaternary nitrogens is 2. The molecule has 0 saturated carbocycles. The second-order valence-electron chi connectivity index (χ2n) is 8.40. The Labute approximate surface area is 182 Å². The Morgan fingerprint density at radius 2 is 1.67 bits per heavy atom. The number of fused-ring (bicyclic) bond motifs is 1. The maximum atomic E-state index is 10.4. The first-order valence-electron chi connectivity index (χ1n) is 10.6. The minimum atomic E-state index is -0.480. The van der Waals surface area contributed by atoms with Gasteiger partial charge in [0.05, 0.1) is 0 Å². The summed E-state index contributed by atoms with van der Waals surface area (Å²) in [6.45, 7) is 10.5. The van der Waals surface area contributed by atoms with Crippen molar-refractivity contribution in [2.45, 2.75) is 26.5 Å². The summed E-state index contributed by atoms with van der Waals surface area (Å²) in [6.07, 6.45) is -0.480. The van der Waals surface area contributed by atoms with Crippen LogP contribution in [-0.2, 0) is 6.54 Å². The third-order valence-electron chi connectivity index (χ3n) is 5.93. The summed E-state index contributed by atoms with van der Waals surface area (Å²) in [4.78, 5) is 3.00. The monoisotopic (exact) mass is 434 g/mol. The lowest BCUT2D eigenvalue weighted by Crippen LogP contribution is -3.28. The van der Waals surface area contributed by atoms with E-state index in [1.807, 2.05) is 32.0 Å². The Balaban J connectivity index is 1.20. The molecule has 4 rings (SSSR count). The van der Waals surface area contributed by atoms with Gasteiger partial charge in [0.15, 0.2) is 11.5 Å². The molecule has 0 radical (unpaired) electrons. The number of aliphatic hydroxyl groups is 1. The molecule has 2 heterocycles. The Kier molecular flexibility index (Phi) is 6.68. The van der Waals surface area contributed by atoms with Crippen LogP contribution in [0, 0.1) is 13.8 Å². The van der Waals surface area contributed by atoms with E-state index in [0.29, 0.717) is 19.9 Å². The van der Waals surface area contributed by atoms with Crippen molar-refractivity contribution in [2.75, 3.05) is 46.1 Å². The normalized spacial score (nSPS) is 21.5. The largest absolute Gasteiger partial charge is 0.491 e. The molecule has 1 unspecified atom stereocenters. The SMILES string of the molecule is Cc1cc(OCC(O)C[NH+]2CC[NH+](Cc3ccc4c(c3)OCO4)CC2)cc(C)c1Cl. The van der Waals surface area contributed by atoms with Gasteiger partial charge in [0.1, 0.15) is 57.7 Å². The summed E-state index contributed by atoms with van der Waals surface area (Å²) in [6, 6.07) is 10.1. The zero-order valence-electron chi connectivity index (χ0n) is 17.7. The highest BCUT2D eigenvalue weighted by molar-refractivity contribution is 6.32. The number of benzene rings is 2. The average Bonchev–Trinajstić information content (AvgIpc) is 3.20. The summed E-state index contributed by atoms with van der Waals surface area (Å²) < 4.78 is 16.7. The van der Waals surface area contributed by atoms with Crippen LogP contribution in [-0.4, -0.2) is 57.3 Å². The van der Waals surface area contributed by atoms with Gasteiger partial charge in [-0.05, 0) is 55.3 Å². The van der Waals surface area contributed by atoms with Gasteiger partial charge < -0.3 is 29.1 Å². The average molecular weight is 435 g/mol. The van der Waals surface area contributed by atoms with Gasteiger partial charge in [0.2, 0.25) is 6.79 Å². The van der Waals surface area contributed by atoms with Gasteiger partial charge >= 0.3 is 0 Å². The fraction of sp³-hybridized carbons (Fsp3) is 0.478. The Bertz CT molecular complexity index is 860. The van der Waals surface area contributed by atoms with Crippen LogP contribution in [0.5, 0.6) is 17.2 Å². The molecule has 7 heteroatoms. The number of ether oxygens (including phenoxy) is 3. The Hall–Kier alpha value is -1.99. The molecule has 1 saturated heterocycles.